The third-order valence-electron chi connectivity index (χ3n) is 3.40. The zero-order chi connectivity index (χ0) is 17.0. The normalized spacial score (nSPS) is 12.3. The number of carboxylic acids is 1. The van der Waals surface area contributed by atoms with Crippen LogP contribution in [0.15, 0.2) is 35.3 Å². The summed E-state index contributed by atoms with van der Waals surface area (Å²) in [6.07, 6.45) is 1.83. The van der Waals surface area contributed by atoms with Gasteiger partial charge < -0.3 is 10.4 Å². The predicted octanol–water partition coefficient (Wildman–Crippen LogP) is 1.01. The first kappa shape index (κ1) is 16.7. The van der Waals surface area contributed by atoms with Crippen LogP contribution in [-0.4, -0.2) is 32.8 Å². The number of benzene rings is 1. The van der Waals surface area contributed by atoms with Crippen molar-refractivity contribution in [1.82, 2.24) is 15.1 Å². The number of hydrogen-bond acceptors (Lipinski definition) is 4. The van der Waals surface area contributed by atoms with Crippen molar-refractivity contribution in [3.8, 4) is 0 Å². The molecule has 1 aromatic carbocycles. The van der Waals surface area contributed by atoms with Gasteiger partial charge in [-0.3, -0.25) is 9.59 Å². The summed E-state index contributed by atoms with van der Waals surface area (Å²) in [7, 11) is 0. The Labute approximate surface area is 132 Å². The van der Waals surface area contributed by atoms with Gasteiger partial charge in [0, 0.05) is 5.39 Å². The number of carbonyl (C=O) groups is 2. The topological polar surface area (TPSA) is 101 Å². The molecule has 1 aromatic heterocycles. The van der Waals surface area contributed by atoms with Crippen molar-refractivity contribution in [2.45, 2.75) is 32.9 Å². The van der Waals surface area contributed by atoms with E-state index in [0.29, 0.717) is 17.2 Å². The molecule has 1 amide bonds. The van der Waals surface area contributed by atoms with Crippen LogP contribution in [0.1, 0.15) is 20.3 Å². The van der Waals surface area contributed by atoms with Crippen molar-refractivity contribution in [3.63, 3.8) is 0 Å². The van der Waals surface area contributed by atoms with Crippen LogP contribution in [0, 0.1) is 5.92 Å². The quantitative estimate of drug-likeness (QED) is 0.828. The minimum atomic E-state index is -1.09. The Balaban J connectivity index is 2.15. The molecule has 0 radical (unpaired) electrons. The lowest BCUT2D eigenvalue weighted by Crippen LogP contribution is -2.44. The molecule has 0 fully saturated rings. The fourth-order valence-electron chi connectivity index (χ4n) is 2.31. The van der Waals surface area contributed by atoms with Crippen molar-refractivity contribution in [2.75, 3.05) is 0 Å². The summed E-state index contributed by atoms with van der Waals surface area (Å²) in [5.74, 6) is -1.52. The first-order chi connectivity index (χ1) is 10.9. The molecule has 7 nitrogen and oxygen atoms in total. The number of hydrogen-bond donors (Lipinski definition) is 2. The smallest absolute Gasteiger partial charge is 0.326 e. The zero-order valence-corrected chi connectivity index (χ0v) is 13.0. The number of carboxylic acid groups (broad SMARTS) is 1. The van der Waals surface area contributed by atoms with E-state index in [2.05, 4.69) is 10.4 Å². The summed E-state index contributed by atoms with van der Waals surface area (Å²) in [6.45, 7) is 3.43. The molecule has 2 N–H and O–H groups in total. The predicted molar refractivity (Wildman–Crippen MR) is 85.0 cm³/mol. The highest BCUT2D eigenvalue weighted by molar-refractivity contribution is 5.84. The molecule has 0 aliphatic rings. The molecule has 1 atom stereocenters. The van der Waals surface area contributed by atoms with Gasteiger partial charge in [-0.15, -0.1) is 0 Å². The Morgan fingerprint density at radius 1 is 1.30 bits per heavy atom. The number of rotatable bonds is 6. The van der Waals surface area contributed by atoms with E-state index in [1.165, 1.54) is 6.20 Å². The van der Waals surface area contributed by atoms with Crippen LogP contribution in [0.5, 0.6) is 0 Å². The van der Waals surface area contributed by atoms with Gasteiger partial charge in [0.2, 0.25) is 5.91 Å². The zero-order valence-electron chi connectivity index (χ0n) is 13.0. The Kier molecular flexibility index (Phi) is 5.10. The monoisotopic (exact) mass is 317 g/mol. The number of carbonyl (C=O) groups excluding carboxylic acids is 1. The molecule has 1 heterocycles. The van der Waals surface area contributed by atoms with Crippen molar-refractivity contribution < 1.29 is 14.7 Å². The highest BCUT2D eigenvalue weighted by atomic mass is 16.4. The van der Waals surface area contributed by atoms with Crippen LogP contribution in [0.25, 0.3) is 10.8 Å². The second kappa shape index (κ2) is 7.04. The second-order valence-electron chi connectivity index (χ2n) is 5.78. The average Bonchev–Trinajstić information content (AvgIpc) is 2.49. The van der Waals surface area contributed by atoms with E-state index in [4.69, 9.17) is 5.11 Å². The third-order valence-corrected chi connectivity index (χ3v) is 3.40. The van der Waals surface area contributed by atoms with E-state index >= 15 is 0 Å². The molecule has 0 saturated heterocycles. The van der Waals surface area contributed by atoms with E-state index in [9.17, 15) is 14.4 Å². The fraction of sp³-hybridized carbons (Fsp3) is 0.375. The molecule has 23 heavy (non-hydrogen) atoms. The van der Waals surface area contributed by atoms with Gasteiger partial charge >= 0.3 is 5.97 Å². The van der Waals surface area contributed by atoms with Crippen LogP contribution in [0.4, 0.5) is 0 Å². The van der Waals surface area contributed by atoms with Crippen LogP contribution in [0.2, 0.25) is 0 Å². The maximum atomic E-state index is 12.3. The van der Waals surface area contributed by atoms with E-state index in [1.807, 2.05) is 13.8 Å². The molecule has 1 unspecified atom stereocenters. The number of aromatic nitrogens is 2. The highest BCUT2D eigenvalue weighted by Crippen LogP contribution is 2.07. The standard InChI is InChI=1S/C16H19N3O4/c1-10(2)7-13(16(22)23)18-14(20)9-19-15(21)12-6-4-3-5-11(12)8-17-19/h3-6,8,10,13H,7,9H2,1-2H3,(H,18,20)(H,22,23). The maximum absolute atomic E-state index is 12.3. The molecule has 7 heteroatoms. The summed E-state index contributed by atoms with van der Waals surface area (Å²) < 4.78 is 1.03. The van der Waals surface area contributed by atoms with Gasteiger partial charge in [0.25, 0.3) is 5.56 Å². The molecular weight excluding hydrogens is 298 g/mol. The molecule has 2 rings (SSSR count). The van der Waals surface area contributed by atoms with E-state index < -0.39 is 17.9 Å². The Morgan fingerprint density at radius 3 is 2.65 bits per heavy atom. The molecule has 0 saturated carbocycles. The second-order valence-corrected chi connectivity index (χ2v) is 5.78. The van der Waals surface area contributed by atoms with Crippen molar-refractivity contribution >= 4 is 22.6 Å². The van der Waals surface area contributed by atoms with Crippen molar-refractivity contribution in [3.05, 3.63) is 40.8 Å². The SMILES string of the molecule is CC(C)CC(NC(=O)Cn1ncc2ccccc2c1=O)C(=O)O. The van der Waals surface area contributed by atoms with Crippen LogP contribution in [-0.2, 0) is 16.1 Å². The number of amides is 1. The fourth-order valence-corrected chi connectivity index (χ4v) is 2.31. The van der Waals surface area contributed by atoms with Gasteiger partial charge in [-0.2, -0.15) is 5.10 Å². The number of aliphatic carboxylic acids is 1. The molecule has 0 bridgehead atoms. The van der Waals surface area contributed by atoms with Crippen LogP contribution >= 0.6 is 0 Å². The first-order valence-electron chi connectivity index (χ1n) is 7.35. The maximum Gasteiger partial charge on any atom is 0.326 e. The summed E-state index contributed by atoms with van der Waals surface area (Å²) in [6, 6.07) is 5.98. The number of fused-ring (bicyclic) bond motifs is 1. The largest absolute Gasteiger partial charge is 0.480 e. The molecule has 0 aliphatic carbocycles. The minimum absolute atomic E-state index is 0.123. The highest BCUT2D eigenvalue weighted by Gasteiger charge is 2.21. The van der Waals surface area contributed by atoms with Crippen molar-refractivity contribution in [2.24, 2.45) is 5.92 Å². The minimum Gasteiger partial charge on any atom is -0.480 e. The van der Waals surface area contributed by atoms with Crippen molar-refractivity contribution in [1.29, 1.82) is 0 Å². The Hall–Kier alpha value is -2.70. The van der Waals surface area contributed by atoms with E-state index in [1.54, 1.807) is 24.3 Å². The Bertz CT molecular complexity index is 782. The van der Waals surface area contributed by atoms with Gasteiger partial charge in [-0.05, 0) is 18.4 Å². The lowest BCUT2D eigenvalue weighted by molar-refractivity contribution is -0.142. The summed E-state index contributed by atoms with van der Waals surface area (Å²) >= 11 is 0. The number of nitrogens with one attached hydrogen (secondary N) is 1. The van der Waals surface area contributed by atoms with Gasteiger partial charge in [-0.25, -0.2) is 9.48 Å². The third kappa shape index (κ3) is 4.15. The lowest BCUT2D eigenvalue weighted by Gasteiger charge is -2.16. The van der Waals surface area contributed by atoms with Crippen LogP contribution < -0.4 is 10.9 Å². The summed E-state index contributed by atoms with van der Waals surface area (Å²) in [5, 5.41) is 16.7. The molecule has 0 spiro atoms. The molecule has 122 valence electrons. The Morgan fingerprint density at radius 2 is 2.00 bits per heavy atom. The van der Waals surface area contributed by atoms with Gasteiger partial charge in [-0.1, -0.05) is 32.0 Å². The van der Waals surface area contributed by atoms with Crippen LogP contribution in [0.3, 0.4) is 0 Å². The summed E-state index contributed by atoms with van der Waals surface area (Å²) in [5.41, 5.74) is -0.381. The first-order valence-corrected chi connectivity index (χ1v) is 7.35. The number of nitrogens with zero attached hydrogens (tertiary/aromatic N) is 2. The lowest BCUT2D eigenvalue weighted by atomic mass is 10.0. The van der Waals surface area contributed by atoms with Gasteiger partial charge in [0.15, 0.2) is 0 Å². The van der Waals surface area contributed by atoms with Gasteiger partial charge in [0.1, 0.15) is 12.6 Å². The van der Waals surface area contributed by atoms with E-state index in [0.717, 1.165) is 4.68 Å². The molecule has 2 aromatic rings. The van der Waals surface area contributed by atoms with E-state index in [-0.39, 0.29) is 18.0 Å². The van der Waals surface area contributed by atoms with Gasteiger partial charge in [0.05, 0.1) is 11.6 Å². The molecular formula is C16H19N3O4. The molecule has 0 aliphatic heterocycles. The summed E-state index contributed by atoms with van der Waals surface area (Å²) in [4.78, 5) is 35.5. The average molecular weight is 317 g/mol.